The van der Waals surface area contributed by atoms with E-state index >= 15 is 0 Å². The molecule has 0 aliphatic carbocycles. The maximum atomic E-state index is 11.2. The largest absolute Gasteiger partial charge is 0.334 e. The van der Waals surface area contributed by atoms with Crippen LogP contribution < -0.4 is 16.4 Å². The lowest BCUT2D eigenvalue weighted by molar-refractivity contribution is -0.127. The smallest absolute Gasteiger partial charge is 0.230 e. The Bertz CT molecular complexity index is 245. The lowest BCUT2D eigenvalue weighted by Crippen LogP contribution is -2.36. The summed E-state index contributed by atoms with van der Waals surface area (Å²) in [5, 5.41) is 6.36. The Morgan fingerprint density at radius 3 is 2.38 bits per heavy atom. The Hall–Kier alpha value is -0.980. The summed E-state index contributed by atoms with van der Waals surface area (Å²) < 4.78 is 0. The number of nitrogens with two attached hydrogens (primary N) is 1. The SMILES string of the molecule is NCCNCCNCCN1CC(=O)CC1=O. The second-order valence-electron chi connectivity index (χ2n) is 3.82. The average molecular weight is 228 g/mol. The monoisotopic (exact) mass is 228 g/mol. The fraction of sp³-hybridized carbons (Fsp3) is 0.800. The first kappa shape index (κ1) is 13.1. The van der Waals surface area contributed by atoms with Crippen LogP contribution in [0, 0.1) is 0 Å². The number of rotatable bonds is 8. The number of carbonyl (C=O) groups excluding carboxylic acids is 2. The van der Waals surface area contributed by atoms with Gasteiger partial charge >= 0.3 is 0 Å². The summed E-state index contributed by atoms with van der Waals surface area (Å²) in [5.74, 6) is -0.0253. The molecule has 1 aliphatic rings. The molecule has 0 bridgehead atoms. The molecule has 0 aromatic carbocycles. The Labute approximate surface area is 95.5 Å². The summed E-state index contributed by atoms with van der Waals surface area (Å²) in [7, 11) is 0. The Kier molecular flexibility index (Phi) is 5.99. The van der Waals surface area contributed by atoms with Crippen molar-refractivity contribution in [1.82, 2.24) is 15.5 Å². The van der Waals surface area contributed by atoms with E-state index in [-0.39, 0.29) is 24.7 Å². The van der Waals surface area contributed by atoms with Crippen LogP contribution in [-0.2, 0) is 9.59 Å². The first-order valence-corrected chi connectivity index (χ1v) is 5.65. The van der Waals surface area contributed by atoms with Crippen molar-refractivity contribution < 1.29 is 9.59 Å². The first-order chi connectivity index (χ1) is 7.74. The zero-order valence-corrected chi connectivity index (χ0v) is 9.50. The van der Waals surface area contributed by atoms with Gasteiger partial charge in [0.1, 0.15) is 0 Å². The summed E-state index contributed by atoms with van der Waals surface area (Å²) in [6.45, 7) is 4.79. The molecule has 4 N–H and O–H groups in total. The predicted molar refractivity (Wildman–Crippen MR) is 61.0 cm³/mol. The fourth-order valence-corrected chi connectivity index (χ4v) is 1.58. The molecule has 1 fully saturated rings. The molecule has 6 nitrogen and oxygen atoms in total. The molecule has 1 rings (SSSR count). The van der Waals surface area contributed by atoms with Gasteiger partial charge in [-0.2, -0.15) is 0 Å². The maximum Gasteiger partial charge on any atom is 0.230 e. The van der Waals surface area contributed by atoms with Crippen LogP contribution in [0.4, 0.5) is 0 Å². The van der Waals surface area contributed by atoms with Gasteiger partial charge in [-0.15, -0.1) is 0 Å². The average Bonchev–Trinajstić information content (AvgIpc) is 2.56. The van der Waals surface area contributed by atoms with Crippen molar-refractivity contribution in [3.63, 3.8) is 0 Å². The van der Waals surface area contributed by atoms with Gasteiger partial charge in [-0.3, -0.25) is 9.59 Å². The molecule has 1 heterocycles. The molecular weight excluding hydrogens is 208 g/mol. The number of hydrogen-bond donors (Lipinski definition) is 3. The van der Waals surface area contributed by atoms with Gasteiger partial charge in [-0.1, -0.05) is 0 Å². The van der Waals surface area contributed by atoms with Crippen molar-refractivity contribution in [2.45, 2.75) is 6.42 Å². The van der Waals surface area contributed by atoms with Crippen LogP contribution in [0.3, 0.4) is 0 Å². The van der Waals surface area contributed by atoms with Gasteiger partial charge in [0.2, 0.25) is 5.91 Å². The molecule has 1 aliphatic heterocycles. The highest BCUT2D eigenvalue weighted by molar-refractivity contribution is 6.05. The number of amides is 1. The van der Waals surface area contributed by atoms with Gasteiger partial charge in [0.15, 0.2) is 5.78 Å². The minimum Gasteiger partial charge on any atom is -0.334 e. The quantitative estimate of drug-likeness (QED) is 0.328. The molecule has 1 saturated heterocycles. The van der Waals surface area contributed by atoms with E-state index < -0.39 is 0 Å². The minimum atomic E-state index is -0.0481. The molecule has 0 radical (unpaired) electrons. The third kappa shape index (κ3) is 4.69. The van der Waals surface area contributed by atoms with Crippen LogP contribution in [0.2, 0.25) is 0 Å². The predicted octanol–water partition coefficient (Wildman–Crippen LogP) is -2.07. The van der Waals surface area contributed by atoms with E-state index in [4.69, 9.17) is 5.73 Å². The number of ketones is 1. The van der Waals surface area contributed by atoms with E-state index in [0.29, 0.717) is 13.1 Å². The third-order valence-electron chi connectivity index (χ3n) is 2.43. The molecular formula is C10H20N4O2. The van der Waals surface area contributed by atoms with Crippen molar-refractivity contribution in [2.75, 3.05) is 45.8 Å². The number of likely N-dealkylation sites (tertiary alicyclic amines) is 1. The third-order valence-corrected chi connectivity index (χ3v) is 2.43. The highest BCUT2D eigenvalue weighted by Gasteiger charge is 2.26. The van der Waals surface area contributed by atoms with Gasteiger partial charge < -0.3 is 21.3 Å². The van der Waals surface area contributed by atoms with Crippen LogP contribution in [0.15, 0.2) is 0 Å². The number of Topliss-reactive ketones (excluding diaryl/α,β-unsaturated/α-hetero) is 1. The van der Waals surface area contributed by atoms with Gasteiger partial charge in [0.25, 0.3) is 0 Å². The molecule has 0 spiro atoms. The van der Waals surface area contributed by atoms with E-state index in [9.17, 15) is 9.59 Å². The van der Waals surface area contributed by atoms with E-state index in [1.165, 1.54) is 0 Å². The molecule has 0 saturated carbocycles. The summed E-state index contributed by atoms with van der Waals surface area (Å²) >= 11 is 0. The van der Waals surface area contributed by atoms with Crippen LogP contribution >= 0.6 is 0 Å². The van der Waals surface area contributed by atoms with Gasteiger partial charge in [-0.05, 0) is 0 Å². The minimum absolute atomic E-state index is 0.0228. The van der Waals surface area contributed by atoms with E-state index in [1.807, 2.05) is 0 Å². The maximum absolute atomic E-state index is 11.2. The number of carbonyl (C=O) groups is 2. The Morgan fingerprint density at radius 1 is 1.12 bits per heavy atom. The van der Waals surface area contributed by atoms with Gasteiger partial charge in [0.05, 0.1) is 13.0 Å². The topological polar surface area (TPSA) is 87.5 Å². The molecule has 0 unspecified atom stereocenters. The second kappa shape index (κ2) is 7.32. The molecule has 0 aromatic heterocycles. The van der Waals surface area contributed by atoms with Crippen molar-refractivity contribution in [1.29, 1.82) is 0 Å². The van der Waals surface area contributed by atoms with Crippen molar-refractivity contribution >= 4 is 11.7 Å². The molecule has 0 atom stereocenters. The number of nitrogens with one attached hydrogen (secondary N) is 2. The van der Waals surface area contributed by atoms with Crippen molar-refractivity contribution in [3.8, 4) is 0 Å². The van der Waals surface area contributed by atoms with Gasteiger partial charge in [0, 0.05) is 39.3 Å². The zero-order valence-electron chi connectivity index (χ0n) is 9.50. The fourth-order valence-electron chi connectivity index (χ4n) is 1.58. The van der Waals surface area contributed by atoms with Crippen molar-refractivity contribution in [2.24, 2.45) is 5.73 Å². The molecule has 1 amide bonds. The normalized spacial score (nSPS) is 16.2. The van der Waals surface area contributed by atoms with E-state index in [2.05, 4.69) is 10.6 Å². The first-order valence-electron chi connectivity index (χ1n) is 5.65. The highest BCUT2D eigenvalue weighted by atomic mass is 16.2. The van der Waals surface area contributed by atoms with Crippen LogP contribution in [0.25, 0.3) is 0 Å². The lowest BCUT2D eigenvalue weighted by Gasteiger charge is -2.14. The zero-order chi connectivity index (χ0) is 11.8. The lowest BCUT2D eigenvalue weighted by atomic mass is 10.3. The van der Waals surface area contributed by atoms with E-state index in [1.54, 1.807) is 4.90 Å². The summed E-state index contributed by atoms with van der Waals surface area (Å²) in [6, 6.07) is 0. The molecule has 16 heavy (non-hydrogen) atoms. The standard InChI is InChI=1S/C10H20N4O2/c11-1-2-12-3-4-13-5-6-14-8-9(15)7-10(14)16/h12-13H,1-8,11H2. The summed E-state index contributed by atoms with van der Waals surface area (Å²) in [5.41, 5.74) is 5.32. The Balaban J connectivity index is 1.95. The van der Waals surface area contributed by atoms with Crippen LogP contribution in [0.5, 0.6) is 0 Å². The molecule has 0 aromatic rings. The second-order valence-corrected chi connectivity index (χ2v) is 3.82. The number of nitrogens with zero attached hydrogens (tertiary/aromatic N) is 1. The van der Waals surface area contributed by atoms with Crippen LogP contribution in [0.1, 0.15) is 6.42 Å². The molecule has 92 valence electrons. The Morgan fingerprint density at radius 2 is 1.81 bits per heavy atom. The van der Waals surface area contributed by atoms with E-state index in [0.717, 1.165) is 26.2 Å². The summed E-state index contributed by atoms with van der Waals surface area (Å²) in [6.07, 6.45) is 0.0814. The van der Waals surface area contributed by atoms with Gasteiger partial charge in [-0.25, -0.2) is 0 Å². The molecule has 6 heteroatoms. The summed E-state index contributed by atoms with van der Waals surface area (Å²) in [4.78, 5) is 23.8. The van der Waals surface area contributed by atoms with Crippen molar-refractivity contribution in [3.05, 3.63) is 0 Å². The van der Waals surface area contributed by atoms with Crippen LogP contribution in [-0.4, -0.2) is 62.4 Å². The highest BCUT2D eigenvalue weighted by Crippen LogP contribution is 2.04. The number of hydrogen-bond acceptors (Lipinski definition) is 5.